The summed E-state index contributed by atoms with van der Waals surface area (Å²) in [5.74, 6) is 2.05. The first kappa shape index (κ1) is 59.4. The maximum Gasteiger partial charge on any atom is 0.355 e. The normalized spacial score (nSPS) is 13.6. The van der Waals surface area contributed by atoms with Crippen molar-refractivity contribution >= 4 is 17.9 Å². The molecule has 9 heteroatoms. The predicted molar refractivity (Wildman–Crippen MR) is 310 cm³/mol. The van der Waals surface area contributed by atoms with Crippen molar-refractivity contribution in [1.82, 2.24) is 0 Å². The smallest absolute Gasteiger partial charge is 0.355 e. The Labute approximate surface area is 460 Å². The number of aryl methyl sites for hydroxylation is 2. The van der Waals surface area contributed by atoms with E-state index in [0.29, 0.717) is 47.3 Å². The monoisotopic (exact) mass is 1040 g/mol. The highest BCUT2D eigenvalue weighted by atomic mass is 16.6. The van der Waals surface area contributed by atoms with Crippen molar-refractivity contribution in [3.63, 3.8) is 0 Å². The molecule has 0 aliphatic carbocycles. The molecule has 6 aromatic rings. The van der Waals surface area contributed by atoms with Gasteiger partial charge in [-0.1, -0.05) is 147 Å². The second kappa shape index (κ2) is 25.1. The minimum atomic E-state index is -1.20. The Balaban J connectivity index is 0.895. The average molecular weight is 1050 g/mol. The lowest BCUT2D eigenvalue weighted by atomic mass is 9.73. The van der Waals surface area contributed by atoms with Gasteiger partial charge in [-0.25, -0.2) is 9.59 Å². The van der Waals surface area contributed by atoms with Crippen molar-refractivity contribution in [3.8, 4) is 45.6 Å². The number of benzene rings is 6. The van der Waals surface area contributed by atoms with Gasteiger partial charge in [-0.15, -0.1) is 0 Å². The van der Waals surface area contributed by atoms with Gasteiger partial charge in [0.15, 0.2) is 0 Å². The number of rotatable bonds is 24. The third kappa shape index (κ3) is 16.1. The lowest BCUT2D eigenvalue weighted by molar-refractivity contribution is -0.157. The van der Waals surface area contributed by atoms with Gasteiger partial charge in [0.2, 0.25) is 11.2 Å². The quantitative estimate of drug-likeness (QED) is 0.0333. The predicted octanol–water partition coefficient (Wildman–Crippen LogP) is 16.8. The number of hydrogen-bond donors (Lipinski definition) is 0. The number of esters is 3. The summed E-state index contributed by atoms with van der Waals surface area (Å²) in [7, 11) is 0. The summed E-state index contributed by atoms with van der Waals surface area (Å²) in [4.78, 5) is 40.3. The Hall–Kier alpha value is -6.87. The second-order valence-electron chi connectivity index (χ2n) is 23.9. The summed E-state index contributed by atoms with van der Waals surface area (Å²) in [6, 6.07) is 46.5. The van der Waals surface area contributed by atoms with Crippen molar-refractivity contribution < 1.29 is 42.8 Å². The van der Waals surface area contributed by atoms with Crippen LogP contribution in [0.5, 0.6) is 34.5 Å². The molecule has 0 spiro atoms. The van der Waals surface area contributed by atoms with E-state index in [1.807, 2.05) is 156 Å². The van der Waals surface area contributed by atoms with Crippen molar-refractivity contribution in [1.29, 1.82) is 0 Å². The van der Waals surface area contributed by atoms with Crippen molar-refractivity contribution in [2.24, 2.45) is 5.41 Å². The van der Waals surface area contributed by atoms with E-state index in [2.05, 4.69) is 53.7 Å². The molecule has 6 aromatic carbocycles. The summed E-state index contributed by atoms with van der Waals surface area (Å²) in [6.45, 7) is 27.8. The van der Waals surface area contributed by atoms with E-state index in [-0.39, 0.29) is 16.8 Å². The van der Waals surface area contributed by atoms with E-state index in [4.69, 9.17) is 28.4 Å². The Morgan fingerprint density at radius 1 is 0.351 bits per heavy atom. The van der Waals surface area contributed by atoms with Crippen molar-refractivity contribution in [2.45, 2.75) is 182 Å². The number of carbonyl (C=O) groups is 3. The van der Waals surface area contributed by atoms with Crippen LogP contribution in [0.4, 0.5) is 0 Å². The fourth-order valence-electron chi connectivity index (χ4n) is 8.86. The van der Waals surface area contributed by atoms with Crippen LogP contribution in [0.15, 0.2) is 146 Å². The zero-order valence-corrected chi connectivity index (χ0v) is 48.4. The van der Waals surface area contributed by atoms with E-state index in [9.17, 15) is 14.4 Å². The van der Waals surface area contributed by atoms with Crippen LogP contribution in [0.3, 0.4) is 0 Å². The molecule has 77 heavy (non-hydrogen) atoms. The molecule has 0 amide bonds. The molecule has 0 saturated carbocycles. The standard InChI is InChI=1S/C68H84O9/c1-15-67(13,66(11,12)76-58-42-30-51(31-43-58)50-28-40-55(41-29-50)72-60(69)65(9,10)75-57-46-34-53(35-47-57)64(6,7)8)61(70)73-54-36-24-48(25-37-54)22-20-18-17-19-21-23-49-26-38-59(39-27-49)77-68(14,16-2)62(71)74-56-44-32-52(33-45-56)63(3,4)5/h24-47H,15-23H2,1-14H3. The fraction of sp³-hybridized carbons (Fsp3) is 0.426. The average Bonchev–Trinajstić information content (AvgIpc) is 3.40. The summed E-state index contributed by atoms with van der Waals surface area (Å²) in [5, 5.41) is 0. The Kier molecular flexibility index (Phi) is 19.3. The largest absolute Gasteiger partial charge is 0.487 e. The van der Waals surface area contributed by atoms with Crippen LogP contribution in [0.25, 0.3) is 11.1 Å². The molecule has 0 N–H and O–H groups in total. The van der Waals surface area contributed by atoms with Gasteiger partial charge in [0.05, 0.1) is 0 Å². The lowest BCUT2D eigenvalue weighted by Crippen LogP contribution is -2.52. The highest BCUT2D eigenvalue weighted by molar-refractivity contribution is 5.82. The topological polar surface area (TPSA) is 107 Å². The van der Waals surface area contributed by atoms with E-state index >= 15 is 0 Å². The maximum atomic E-state index is 13.9. The number of hydrogen-bond acceptors (Lipinski definition) is 9. The van der Waals surface area contributed by atoms with Crippen LogP contribution in [0.1, 0.15) is 164 Å². The molecule has 2 atom stereocenters. The minimum absolute atomic E-state index is 0.0154. The van der Waals surface area contributed by atoms with E-state index < -0.39 is 34.2 Å². The first-order valence-electron chi connectivity index (χ1n) is 27.6. The van der Waals surface area contributed by atoms with Gasteiger partial charge in [0.1, 0.15) is 45.5 Å². The molecular formula is C68H84O9. The van der Waals surface area contributed by atoms with Gasteiger partial charge in [0.25, 0.3) is 0 Å². The lowest BCUT2D eigenvalue weighted by Gasteiger charge is -2.41. The SMILES string of the molecule is CCC(C)(Oc1ccc(CCCCCCCc2ccc(OC(=O)C(C)(CC)C(C)(C)Oc3ccc(-c4ccc(OC(=O)C(C)(C)Oc5ccc(C(C)(C)C)cc5)cc4)cc3)cc2)cc1)C(=O)Oc1ccc(C(C)(C)C)cc1. The molecule has 0 heterocycles. The number of carbonyl (C=O) groups excluding carboxylic acids is 3. The van der Waals surface area contributed by atoms with E-state index in [0.717, 1.165) is 56.1 Å². The van der Waals surface area contributed by atoms with Gasteiger partial charge < -0.3 is 28.4 Å². The summed E-state index contributed by atoms with van der Waals surface area (Å²) >= 11 is 0. The third-order valence-electron chi connectivity index (χ3n) is 15.1. The molecular weight excluding hydrogens is 961 g/mol. The van der Waals surface area contributed by atoms with E-state index in [1.165, 1.54) is 22.3 Å². The maximum absolute atomic E-state index is 13.9. The fourth-order valence-corrected chi connectivity index (χ4v) is 8.86. The molecule has 0 radical (unpaired) electrons. The van der Waals surface area contributed by atoms with Crippen LogP contribution >= 0.6 is 0 Å². The zero-order valence-electron chi connectivity index (χ0n) is 48.4. The highest BCUT2D eigenvalue weighted by Gasteiger charge is 2.49. The molecule has 9 nitrogen and oxygen atoms in total. The molecule has 0 saturated heterocycles. The second-order valence-corrected chi connectivity index (χ2v) is 23.9. The molecule has 6 rings (SSSR count). The molecule has 0 fully saturated rings. The van der Waals surface area contributed by atoms with E-state index in [1.54, 1.807) is 32.9 Å². The van der Waals surface area contributed by atoms with Crippen LogP contribution < -0.4 is 28.4 Å². The Morgan fingerprint density at radius 3 is 1.12 bits per heavy atom. The first-order chi connectivity index (χ1) is 36.2. The molecule has 0 aliphatic rings. The van der Waals surface area contributed by atoms with Gasteiger partial charge in [-0.3, -0.25) is 4.79 Å². The Morgan fingerprint density at radius 2 is 0.688 bits per heavy atom. The van der Waals surface area contributed by atoms with Crippen LogP contribution in [-0.2, 0) is 38.1 Å². The third-order valence-corrected chi connectivity index (χ3v) is 15.1. The van der Waals surface area contributed by atoms with Gasteiger partial charge >= 0.3 is 17.9 Å². The first-order valence-corrected chi connectivity index (χ1v) is 27.6. The van der Waals surface area contributed by atoms with Crippen molar-refractivity contribution in [3.05, 3.63) is 168 Å². The molecule has 410 valence electrons. The highest BCUT2D eigenvalue weighted by Crippen LogP contribution is 2.41. The van der Waals surface area contributed by atoms with Crippen LogP contribution in [0.2, 0.25) is 0 Å². The molecule has 2 unspecified atom stereocenters. The summed E-state index contributed by atoms with van der Waals surface area (Å²) in [6.07, 6.45) is 8.54. The summed E-state index contributed by atoms with van der Waals surface area (Å²) in [5.41, 5.74) is 2.56. The van der Waals surface area contributed by atoms with Gasteiger partial charge in [-0.05, 0) is 197 Å². The minimum Gasteiger partial charge on any atom is -0.487 e. The molecule has 0 bridgehead atoms. The number of unbranched alkanes of at least 4 members (excludes halogenated alkanes) is 4. The molecule has 0 aliphatic heterocycles. The van der Waals surface area contributed by atoms with Crippen LogP contribution in [0, 0.1) is 5.41 Å². The summed E-state index contributed by atoms with van der Waals surface area (Å²) < 4.78 is 36.3. The van der Waals surface area contributed by atoms with Crippen LogP contribution in [-0.4, -0.2) is 34.7 Å². The van der Waals surface area contributed by atoms with Crippen molar-refractivity contribution in [2.75, 3.05) is 0 Å². The molecule has 0 aromatic heterocycles. The Bertz CT molecular complexity index is 2850. The number of ether oxygens (including phenoxy) is 6. The van der Waals surface area contributed by atoms with Gasteiger partial charge in [-0.2, -0.15) is 0 Å². The van der Waals surface area contributed by atoms with Gasteiger partial charge in [0, 0.05) is 0 Å². The zero-order chi connectivity index (χ0) is 56.2.